The second kappa shape index (κ2) is 7.76. The van der Waals surface area contributed by atoms with Crippen LogP contribution < -0.4 is 4.74 Å². The average Bonchev–Trinajstić information content (AvgIpc) is 2.26. The summed E-state index contributed by atoms with van der Waals surface area (Å²) in [5, 5.41) is 1.13. The van der Waals surface area contributed by atoms with Crippen molar-refractivity contribution < 1.29 is 9.53 Å². The van der Waals surface area contributed by atoms with E-state index in [0.29, 0.717) is 28.8 Å². The van der Waals surface area contributed by atoms with Crippen LogP contribution >= 0.6 is 23.2 Å². The van der Waals surface area contributed by atoms with Crippen molar-refractivity contribution in [1.29, 1.82) is 0 Å². The molecule has 0 saturated heterocycles. The zero-order chi connectivity index (χ0) is 14.4. The number of hydrogen-bond acceptors (Lipinski definition) is 2. The molecule has 0 aliphatic carbocycles. The van der Waals surface area contributed by atoms with E-state index in [0.717, 1.165) is 18.4 Å². The lowest BCUT2D eigenvalue weighted by Crippen LogP contribution is -2.07. The topological polar surface area (TPSA) is 26.3 Å². The van der Waals surface area contributed by atoms with Crippen molar-refractivity contribution in [3.63, 3.8) is 0 Å². The number of carbonyl (C=O) groups excluding carboxylic acids is 1. The standard InChI is InChI=1S/C15H20Cl2O2/c1-4-5-19-15-12(7-10(2)6-11(3)18)8-13(16)9-14(15)17/h8-10H,4-7H2,1-3H3. The van der Waals surface area contributed by atoms with Gasteiger partial charge >= 0.3 is 0 Å². The van der Waals surface area contributed by atoms with Crippen molar-refractivity contribution in [1.82, 2.24) is 0 Å². The smallest absolute Gasteiger partial charge is 0.141 e. The number of rotatable bonds is 7. The van der Waals surface area contributed by atoms with Crippen molar-refractivity contribution in [3.05, 3.63) is 27.7 Å². The quantitative estimate of drug-likeness (QED) is 0.713. The van der Waals surface area contributed by atoms with E-state index in [4.69, 9.17) is 27.9 Å². The second-order valence-corrected chi connectivity index (χ2v) is 5.78. The van der Waals surface area contributed by atoms with Gasteiger partial charge in [-0.1, -0.05) is 37.0 Å². The van der Waals surface area contributed by atoms with Gasteiger partial charge in [0.05, 0.1) is 11.6 Å². The van der Waals surface area contributed by atoms with Gasteiger partial charge in [-0.05, 0) is 43.4 Å². The van der Waals surface area contributed by atoms with Gasteiger partial charge in [0, 0.05) is 11.4 Å². The van der Waals surface area contributed by atoms with E-state index in [1.807, 2.05) is 19.9 Å². The maximum Gasteiger partial charge on any atom is 0.141 e. The van der Waals surface area contributed by atoms with E-state index in [1.165, 1.54) is 0 Å². The first-order valence-electron chi connectivity index (χ1n) is 6.54. The molecule has 0 radical (unpaired) electrons. The Hall–Kier alpha value is -0.730. The molecule has 0 aliphatic heterocycles. The number of ether oxygens (including phenoxy) is 1. The summed E-state index contributed by atoms with van der Waals surface area (Å²) in [6, 6.07) is 3.56. The van der Waals surface area contributed by atoms with Crippen LogP contribution in [-0.2, 0) is 11.2 Å². The van der Waals surface area contributed by atoms with Gasteiger partial charge in [0.25, 0.3) is 0 Å². The summed E-state index contributed by atoms with van der Waals surface area (Å²) < 4.78 is 5.70. The van der Waals surface area contributed by atoms with Crippen LogP contribution in [0.15, 0.2) is 12.1 Å². The van der Waals surface area contributed by atoms with Crippen LogP contribution in [-0.4, -0.2) is 12.4 Å². The molecule has 1 rings (SSSR count). The van der Waals surface area contributed by atoms with Crippen LogP contribution in [0.2, 0.25) is 10.0 Å². The lowest BCUT2D eigenvalue weighted by Gasteiger charge is -2.16. The molecule has 1 unspecified atom stereocenters. The molecule has 19 heavy (non-hydrogen) atoms. The Balaban J connectivity index is 2.93. The first kappa shape index (κ1) is 16.3. The molecule has 1 aromatic carbocycles. The molecule has 0 saturated carbocycles. The highest BCUT2D eigenvalue weighted by Crippen LogP contribution is 2.34. The molecule has 0 fully saturated rings. The highest BCUT2D eigenvalue weighted by atomic mass is 35.5. The summed E-state index contributed by atoms with van der Waals surface area (Å²) in [7, 11) is 0. The molecule has 1 aromatic rings. The lowest BCUT2D eigenvalue weighted by atomic mass is 9.96. The number of hydrogen-bond donors (Lipinski definition) is 0. The number of carbonyl (C=O) groups is 1. The normalized spacial score (nSPS) is 12.3. The Morgan fingerprint density at radius 3 is 2.63 bits per heavy atom. The van der Waals surface area contributed by atoms with Gasteiger partial charge in [-0.25, -0.2) is 0 Å². The van der Waals surface area contributed by atoms with Crippen molar-refractivity contribution in [2.75, 3.05) is 6.61 Å². The van der Waals surface area contributed by atoms with Crippen LogP contribution in [0.4, 0.5) is 0 Å². The molecule has 106 valence electrons. The molecule has 0 bridgehead atoms. The molecule has 4 heteroatoms. The van der Waals surface area contributed by atoms with E-state index < -0.39 is 0 Å². The lowest BCUT2D eigenvalue weighted by molar-refractivity contribution is -0.117. The molecule has 0 aliphatic rings. The minimum atomic E-state index is 0.191. The van der Waals surface area contributed by atoms with E-state index in [2.05, 4.69) is 0 Å². The monoisotopic (exact) mass is 302 g/mol. The number of halogens is 2. The number of ketones is 1. The van der Waals surface area contributed by atoms with Gasteiger partial charge in [0.2, 0.25) is 0 Å². The average molecular weight is 303 g/mol. The summed E-state index contributed by atoms with van der Waals surface area (Å²) in [5.74, 6) is 1.14. The van der Waals surface area contributed by atoms with Gasteiger partial charge in [-0.15, -0.1) is 0 Å². The Morgan fingerprint density at radius 1 is 1.37 bits per heavy atom. The minimum absolute atomic E-state index is 0.191. The molecule has 0 amide bonds. The SMILES string of the molecule is CCCOc1c(Cl)cc(Cl)cc1CC(C)CC(C)=O. The molecule has 0 aromatic heterocycles. The minimum Gasteiger partial charge on any atom is -0.492 e. The Labute approximate surface area is 125 Å². The van der Waals surface area contributed by atoms with E-state index >= 15 is 0 Å². The molecule has 0 N–H and O–H groups in total. The summed E-state index contributed by atoms with van der Waals surface area (Å²) in [6.45, 7) is 6.31. The summed E-state index contributed by atoms with van der Waals surface area (Å²) in [6.07, 6.45) is 2.21. The molecular formula is C15H20Cl2O2. The zero-order valence-electron chi connectivity index (χ0n) is 11.6. The highest BCUT2D eigenvalue weighted by Gasteiger charge is 2.14. The van der Waals surface area contributed by atoms with E-state index in [9.17, 15) is 4.79 Å². The third-order valence-electron chi connectivity index (χ3n) is 2.74. The van der Waals surface area contributed by atoms with Gasteiger partial charge in [-0.2, -0.15) is 0 Å². The largest absolute Gasteiger partial charge is 0.492 e. The fourth-order valence-corrected chi connectivity index (χ4v) is 2.66. The summed E-state index contributed by atoms with van der Waals surface area (Å²) in [4.78, 5) is 11.2. The first-order valence-corrected chi connectivity index (χ1v) is 7.29. The maximum absolute atomic E-state index is 11.2. The third kappa shape index (κ3) is 5.42. The van der Waals surface area contributed by atoms with Crippen LogP contribution in [0.25, 0.3) is 0 Å². The van der Waals surface area contributed by atoms with Crippen molar-refractivity contribution in [2.24, 2.45) is 5.92 Å². The second-order valence-electron chi connectivity index (χ2n) is 4.94. The molecule has 1 atom stereocenters. The van der Waals surface area contributed by atoms with Gasteiger partial charge in [0.15, 0.2) is 0 Å². The maximum atomic E-state index is 11.2. The van der Waals surface area contributed by atoms with Crippen LogP contribution in [0, 0.1) is 5.92 Å². The fourth-order valence-electron chi connectivity index (χ4n) is 2.07. The van der Waals surface area contributed by atoms with Crippen LogP contribution in [0.3, 0.4) is 0 Å². The van der Waals surface area contributed by atoms with Crippen molar-refractivity contribution in [3.8, 4) is 5.75 Å². The summed E-state index contributed by atoms with van der Waals surface area (Å²) >= 11 is 12.2. The number of Topliss-reactive ketones (excluding diaryl/α,β-unsaturated/α-hetero) is 1. The summed E-state index contributed by atoms with van der Waals surface area (Å²) in [5.41, 5.74) is 0.972. The molecular weight excluding hydrogens is 283 g/mol. The van der Waals surface area contributed by atoms with Crippen LogP contribution in [0.5, 0.6) is 5.75 Å². The zero-order valence-corrected chi connectivity index (χ0v) is 13.1. The van der Waals surface area contributed by atoms with E-state index in [1.54, 1.807) is 13.0 Å². The Kier molecular flexibility index (Phi) is 6.67. The Bertz CT molecular complexity index is 444. The predicted molar refractivity (Wildman–Crippen MR) is 80.4 cm³/mol. The third-order valence-corrected chi connectivity index (χ3v) is 3.24. The van der Waals surface area contributed by atoms with Gasteiger partial charge in [0.1, 0.15) is 11.5 Å². The number of benzene rings is 1. The molecule has 2 nitrogen and oxygen atoms in total. The van der Waals surface area contributed by atoms with Crippen molar-refractivity contribution in [2.45, 2.75) is 40.0 Å². The van der Waals surface area contributed by atoms with Gasteiger partial charge < -0.3 is 9.53 Å². The predicted octanol–water partition coefficient (Wildman–Crippen LogP) is 4.94. The van der Waals surface area contributed by atoms with Crippen molar-refractivity contribution >= 4 is 29.0 Å². The van der Waals surface area contributed by atoms with E-state index in [-0.39, 0.29) is 11.7 Å². The molecule has 0 heterocycles. The first-order chi connectivity index (χ1) is 8.93. The fraction of sp³-hybridized carbons (Fsp3) is 0.533. The van der Waals surface area contributed by atoms with Crippen LogP contribution in [0.1, 0.15) is 39.2 Å². The van der Waals surface area contributed by atoms with Gasteiger partial charge in [-0.3, -0.25) is 0 Å². The molecule has 0 spiro atoms. The Morgan fingerprint density at radius 2 is 2.05 bits per heavy atom. The highest BCUT2D eigenvalue weighted by molar-refractivity contribution is 6.35.